The summed E-state index contributed by atoms with van der Waals surface area (Å²) in [5.41, 5.74) is 1.25. The van der Waals surface area contributed by atoms with Crippen molar-refractivity contribution in [1.29, 1.82) is 0 Å². The Morgan fingerprint density at radius 1 is 1.29 bits per heavy atom. The molecule has 0 radical (unpaired) electrons. The lowest BCUT2D eigenvalue weighted by Gasteiger charge is -2.34. The molecule has 4 nitrogen and oxygen atoms in total. The van der Waals surface area contributed by atoms with Crippen LogP contribution >= 0.6 is 11.6 Å². The molecule has 21 heavy (non-hydrogen) atoms. The third-order valence-electron chi connectivity index (χ3n) is 3.29. The van der Waals surface area contributed by atoms with E-state index >= 15 is 0 Å². The number of nitrogens with one attached hydrogen (secondary N) is 1. The fourth-order valence-corrected chi connectivity index (χ4v) is 2.31. The molecule has 0 spiro atoms. The fraction of sp³-hybridized carbons (Fsp3) is 0.500. The van der Waals surface area contributed by atoms with Gasteiger partial charge in [0.1, 0.15) is 0 Å². The number of benzene rings is 1. The monoisotopic (exact) mass is 310 g/mol. The van der Waals surface area contributed by atoms with E-state index in [9.17, 15) is 9.59 Å². The molecule has 1 N–H and O–H groups in total. The predicted molar refractivity (Wildman–Crippen MR) is 86.6 cm³/mol. The molecule has 0 aliphatic carbocycles. The Labute approximate surface area is 131 Å². The highest BCUT2D eigenvalue weighted by atomic mass is 35.5. The fourth-order valence-electron chi connectivity index (χ4n) is 2.13. The minimum absolute atomic E-state index is 0.0331. The lowest BCUT2D eigenvalue weighted by molar-refractivity contribution is -0.134. The van der Waals surface area contributed by atoms with Crippen molar-refractivity contribution in [2.24, 2.45) is 0 Å². The molecular weight excluding hydrogens is 288 g/mol. The lowest BCUT2D eigenvalue weighted by atomic mass is 10.1. The number of nitrogens with zero attached hydrogens (tertiary/aromatic N) is 1. The number of amides is 2. The van der Waals surface area contributed by atoms with E-state index < -0.39 is 0 Å². The Hall–Kier alpha value is -1.55. The van der Waals surface area contributed by atoms with Gasteiger partial charge in [0.2, 0.25) is 11.8 Å². The molecule has 0 saturated carbocycles. The largest absolute Gasteiger partial charge is 0.338 e. The maximum absolute atomic E-state index is 12.0. The minimum Gasteiger partial charge on any atom is -0.338 e. The summed E-state index contributed by atoms with van der Waals surface area (Å²) in [6.07, 6.45) is 0.253. The SMILES string of the molecule is CC(=O)N(CCC(=O)Nc1cccc(Cl)c1C)C(C)(C)C. The summed E-state index contributed by atoms with van der Waals surface area (Å²) in [5.74, 6) is -0.162. The van der Waals surface area contributed by atoms with Crippen LogP contribution in [0.1, 0.15) is 39.7 Å². The topological polar surface area (TPSA) is 49.4 Å². The van der Waals surface area contributed by atoms with Gasteiger partial charge in [-0.3, -0.25) is 9.59 Å². The Morgan fingerprint density at radius 2 is 1.90 bits per heavy atom. The number of carbonyl (C=O) groups is 2. The number of halogens is 1. The Bertz CT molecular complexity index is 536. The van der Waals surface area contributed by atoms with Crippen LogP contribution in [0.5, 0.6) is 0 Å². The zero-order valence-electron chi connectivity index (χ0n) is 13.3. The Kier molecular flexibility index (Phi) is 5.78. The van der Waals surface area contributed by atoms with Gasteiger partial charge in [-0.25, -0.2) is 0 Å². The standard InChI is InChI=1S/C16H23ClN2O2/c1-11-13(17)7-6-8-14(11)18-15(21)9-10-19(12(2)20)16(3,4)5/h6-8H,9-10H2,1-5H3,(H,18,21). The number of anilines is 1. The second-order valence-corrected chi connectivity index (χ2v) is 6.46. The van der Waals surface area contributed by atoms with Crippen LogP contribution in [0.3, 0.4) is 0 Å². The molecule has 116 valence electrons. The molecule has 1 aromatic rings. The van der Waals surface area contributed by atoms with Crippen molar-refractivity contribution in [2.75, 3.05) is 11.9 Å². The Balaban J connectivity index is 2.66. The van der Waals surface area contributed by atoms with E-state index in [4.69, 9.17) is 11.6 Å². The number of hydrogen-bond donors (Lipinski definition) is 1. The summed E-state index contributed by atoms with van der Waals surface area (Å²) < 4.78 is 0. The number of hydrogen-bond acceptors (Lipinski definition) is 2. The first kappa shape index (κ1) is 17.5. The molecule has 5 heteroatoms. The second-order valence-electron chi connectivity index (χ2n) is 6.05. The molecule has 0 aliphatic heterocycles. The minimum atomic E-state index is -0.294. The van der Waals surface area contributed by atoms with Crippen LogP contribution in [0, 0.1) is 6.92 Å². The van der Waals surface area contributed by atoms with Crippen LogP contribution in [0.15, 0.2) is 18.2 Å². The van der Waals surface area contributed by atoms with E-state index in [0.29, 0.717) is 17.3 Å². The molecule has 0 bridgehead atoms. The van der Waals surface area contributed by atoms with Crippen LogP contribution < -0.4 is 5.32 Å². The summed E-state index contributed by atoms with van der Waals surface area (Å²) in [4.78, 5) is 25.4. The van der Waals surface area contributed by atoms with Gasteiger partial charge in [0.25, 0.3) is 0 Å². The smallest absolute Gasteiger partial charge is 0.226 e. The first-order valence-corrected chi connectivity index (χ1v) is 7.34. The first-order chi connectivity index (χ1) is 9.62. The number of rotatable bonds is 4. The van der Waals surface area contributed by atoms with E-state index in [-0.39, 0.29) is 23.8 Å². The average molecular weight is 311 g/mol. The molecule has 1 rings (SSSR count). The second kappa shape index (κ2) is 6.94. The quantitative estimate of drug-likeness (QED) is 0.923. The van der Waals surface area contributed by atoms with Crippen molar-refractivity contribution in [3.63, 3.8) is 0 Å². The lowest BCUT2D eigenvalue weighted by Crippen LogP contribution is -2.45. The van der Waals surface area contributed by atoms with Crippen molar-refractivity contribution in [3.8, 4) is 0 Å². The summed E-state index contributed by atoms with van der Waals surface area (Å²) in [7, 11) is 0. The van der Waals surface area contributed by atoms with Crippen molar-refractivity contribution >= 4 is 29.1 Å². The zero-order chi connectivity index (χ0) is 16.2. The molecule has 2 amide bonds. The molecule has 0 aliphatic rings. The van der Waals surface area contributed by atoms with Crippen LogP contribution in [0.4, 0.5) is 5.69 Å². The molecule has 0 saturated heterocycles. The van der Waals surface area contributed by atoms with Crippen molar-refractivity contribution in [1.82, 2.24) is 4.90 Å². The van der Waals surface area contributed by atoms with E-state index in [2.05, 4.69) is 5.32 Å². The molecule has 0 unspecified atom stereocenters. The van der Waals surface area contributed by atoms with Crippen LogP contribution in [-0.4, -0.2) is 28.8 Å². The number of carbonyl (C=O) groups excluding carboxylic acids is 2. The van der Waals surface area contributed by atoms with E-state index in [1.807, 2.05) is 33.8 Å². The van der Waals surface area contributed by atoms with Crippen LogP contribution in [0.2, 0.25) is 5.02 Å². The highest BCUT2D eigenvalue weighted by molar-refractivity contribution is 6.31. The predicted octanol–water partition coefficient (Wildman–Crippen LogP) is 3.62. The van der Waals surface area contributed by atoms with Gasteiger partial charge in [0.15, 0.2) is 0 Å². The summed E-state index contributed by atoms with van der Waals surface area (Å²) in [6, 6.07) is 5.39. The highest BCUT2D eigenvalue weighted by Gasteiger charge is 2.24. The zero-order valence-corrected chi connectivity index (χ0v) is 14.0. The van der Waals surface area contributed by atoms with Gasteiger partial charge in [-0.2, -0.15) is 0 Å². The van der Waals surface area contributed by atoms with Crippen molar-refractivity contribution in [3.05, 3.63) is 28.8 Å². The molecule has 0 heterocycles. The van der Waals surface area contributed by atoms with Crippen molar-refractivity contribution < 1.29 is 9.59 Å². The van der Waals surface area contributed by atoms with Crippen LogP contribution in [0.25, 0.3) is 0 Å². The first-order valence-electron chi connectivity index (χ1n) is 6.96. The third kappa shape index (κ3) is 5.05. The van der Waals surface area contributed by atoms with Gasteiger partial charge >= 0.3 is 0 Å². The maximum atomic E-state index is 12.0. The summed E-state index contributed by atoms with van der Waals surface area (Å²) >= 11 is 6.02. The normalized spacial score (nSPS) is 11.1. The van der Waals surface area contributed by atoms with E-state index in [1.165, 1.54) is 6.92 Å². The van der Waals surface area contributed by atoms with Gasteiger partial charge in [0, 0.05) is 36.1 Å². The average Bonchev–Trinajstić information content (AvgIpc) is 2.33. The summed E-state index contributed by atoms with van der Waals surface area (Å²) in [5, 5.41) is 3.45. The van der Waals surface area contributed by atoms with E-state index in [0.717, 1.165) is 5.56 Å². The van der Waals surface area contributed by atoms with Crippen molar-refractivity contribution in [2.45, 2.75) is 46.6 Å². The van der Waals surface area contributed by atoms with Crippen LogP contribution in [-0.2, 0) is 9.59 Å². The maximum Gasteiger partial charge on any atom is 0.226 e. The molecule has 1 aromatic carbocycles. The van der Waals surface area contributed by atoms with Gasteiger partial charge < -0.3 is 10.2 Å². The highest BCUT2D eigenvalue weighted by Crippen LogP contribution is 2.23. The van der Waals surface area contributed by atoms with E-state index in [1.54, 1.807) is 17.0 Å². The molecule has 0 aromatic heterocycles. The van der Waals surface area contributed by atoms with Gasteiger partial charge in [-0.1, -0.05) is 17.7 Å². The third-order valence-corrected chi connectivity index (χ3v) is 3.70. The molecule has 0 atom stereocenters. The molecular formula is C16H23ClN2O2. The van der Waals surface area contributed by atoms with Gasteiger partial charge in [-0.05, 0) is 45.4 Å². The molecule has 0 fully saturated rings. The summed E-state index contributed by atoms with van der Waals surface area (Å²) in [6.45, 7) is 9.62. The Morgan fingerprint density at radius 3 is 2.43 bits per heavy atom. The van der Waals surface area contributed by atoms with Gasteiger partial charge in [0.05, 0.1) is 0 Å². The van der Waals surface area contributed by atoms with Gasteiger partial charge in [-0.15, -0.1) is 0 Å².